The number of aromatic nitrogens is 2. The van der Waals surface area contributed by atoms with Crippen LogP contribution < -0.4 is 20.3 Å². The molecule has 1 aromatic carbocycles. The zero-order valence-corrected chi connectivity index (χ0v) is 18.4. The highest BCUT2D eigenvalue weighted by Gasteiger charge is 2.31. The van der Waals surface area contributed by atoms with Gasteiger partial charge < -0.3 is 24.3 Å². The summed E-state index contributed by atoms with van der Waals surface area (Å²) in [6, 6.07) is 9.78. The second kappa shape index (κ2) is 8.43. The Morgan fingerprint density at radius 1 is 1.09 bits per heavy atom. The SMILES string of the molecule is O=c1ccc2ncc(F)c3c2n1C[C@H]3CN1CCC(NCc2ccc3c(c2)OCCO3)CC1. The lowest BCUT2D eigenvalue weighted by Gasteiger charge is -2.34. The van der Waals surface area contributed by atoms with E-state index >= 15 is 0 Å². The molecule has 1 N–H and O–H groups in total. The minimum Gasteiger partial charge on any atom is -0.486 e. The number of nitrogens with zero attached hydrogens (tertiary/aromatic N) is 3. The number of benzene rings is 1. The summed E-state index contributed by atoms with van der Waals surface area (Å²) in [5.41, 5.74) is 3.12. The average Bonchev–Trinajstić information content (AvgIpc) is 3.23. The molecule has 0 saturated carbocycles. The van der Waals surface area contributed by atoms with E-state index in [4.69, 9.17) is 9.47 Å². The molecule has 2 aromatic heterocycles. The predicted octanol–water partition coefficient (Wildman–Crippen LogP) is 2.66. The minimum atomic E-state index is -0.305. The monoisotopic (exact) mass is 450 g/mol. The van der Waals surface area contributed by atoms with Crippen LogP contribution in [-0.2, 0) is 13.1 Å². The molecule has 1 atom stereocenters. The Morgan fingerprint density at radius 3 is 2.76 bits per heavy atom. The molecule has 8 heteroatoms. The number of nitrogens with one attached hydrogen (secondary N) is 1. The number of piperidine rings is 1. The van der Waals surface area contributed by atoms with Crippen LogP contribution in [0.3, 0.4) is 0 Å². The van der Waals surface area contributed by atoms with Crippen LogP contribution in [0.1, 0.15) is 29.9 Å². The highest BCUT2D eigenvalue weighted by Crippen LogP contribution is 2.35. The van der Waals surface area contributed by atoms with Gasteiger partial charge in [0.15, 0.2) is 11.5 Å². The summed E-state index contributed by atoms with van der Waals surface area (Å²) in [5, 5.41) is 3.67. The fourth-order valence-electron chi connectivity index (χ4n) is 5.39. The van der Waals surface area contributed by atoms with Gasteiger partial charge in [-0.15, -0.1) is 0 Å². The van der Waals surface area contributed by atoms with Crippen molar-refractivity contribution in [2.75, 3.05) is 32.8 Å². The number of ether oxygens (including phenoxy) is 2. The summed E-state index contributed by atoms with van der Waals surface area (Å²) in [5.74, 6) is 1.31. The molecule has 0 amide bonds. The van der Waals surface area contributed by atoms with Gasteiger partial charge in [-0.25, -0.2) is 4.39 Å². The van der Waals surface area contributed by atoms with Crippen LogP contribution in [0.15, 0.2) is 41.3 Å². The number of fused-ring (bicyclic) bond motifs is 1. The van der Waals surface area contributed by atoms with Gasteiger partial charge in [0.1, 0.15) is 19.0 Å². The van der Waals surface area contributed by atoms with Gasteiger partial charge in [0.2, 0.25) is 0 Å². The highest BCUT2D eigenvalue weighted by atomic mass is 19.1. The summed E-state index contributed by atoms with van der Waals surface area (Å²) in [7, 11) is 0. The first-order chi connectivity index (χ1) is 16.2. The van der Waals surface area contributed by atoms with E-state index in [1.807, 2.05) is 6.07 Å². The quantitative estimate of drug-likeness (QED) is 0.645. The Balaban J connectivity index is 1.06. The van der Waals surface area contributed by atoms with Crippen molar-refractivity contribution in [1.29, 1.82) is 0 Å². The van der Waals surface area contributed by atoms with Gasteiger partial charge in [-0.1, -0.05) is 6.07 Å². The lowest BCUT2D eigenvalue weighted by atomic mass is 9.98. The first-order valence-corrected chi connectivity index (χ1v) is 11.7. The van der Waals surface area contributed by atoms with Gasteiger partial charge in [0, 0.05) is 43.2 Å². The second-order valence-corrected chi connectivity index (χ2v) is 9.17. The number of hydrogen-bond acceptors (Lipinski definition) is 6. The van der Waals surface area contributed by atoms with E-state index in [2.05, 4.69) is 27.3 Å². The summed E-state index contributed by atoms with van der Waals surface area (Å²) in [4.78, 5) is 18.9. The number of pyridine rings is 2. The fourth-order valence-corrected chi connectivity index (χ4v) is 5.39. The molecule has 0 aliphatic carbocycles. The molecule has 3 aliphatic heterocycles. The van der Waals surface area contributed by atoms with Crippen molar-refractivity contribution in [3.63, 3.8) is 0 Å². The highest BCUT2D eigenvalue weighted by molar-refractivity contribution is 5.80. The maximum atomic E-state index is 14.7. The molecular weight excluding hydrogens is 423 g/mol. The Bertz CT molecular complexity index is 1250. The van der Waals surface area contributed by atoms with E-state index in [0.717, 1.165) is 50.5 Å². The first kappa shape index (κ1) is 20.6. The van der Waals surface area contributed by atoms with E-state index in [0.29, 0.717) is 42.4 Å². The molecule has 0 unspecified atom stereocenters. The van der Waals surface area contributed by atoms with Crippen molar-refractivity contribution < 1.29 is 13.9 Å². The number of hydrogen-bond donors (Lipinski definition) is 1. The van der Waals surface area contributed by atoms with E-state index < -0.39 is 0 Å². The fraction of sp³-hybridized carbons (Fsp3) is 0.440. The topological polar surface area (TPSA) is 68.6 Å². The van der Waals surface area contributed by atoms with Gasteiger partial charge in [0.05, 0.1) is 17.2 Å². The van der Waals surface area contributed by atoms with Crippen molar-refractivity contribution in [3.05, 3.63) is 63.8 Å². The molecule has 3 aromatic rings. The second-order valence-electron chi connectivity index (χ2n) is 9.17. The molecule has 0 spiro atoms. The maximum Gasteiger partial charge on any atom is 0.251 e. The third-order valence-electron chi connectivity index (χ3n) is 7.07. The van der Waals surface area contributed by atoms with Gasteiger partial charge in [-0.05, 0) is 49.7 Å². The maximum absolute atomic E-state index is 14.7. The molecule has 1 saturated heterocycles. The standard InChI is InChI=1S/C25H27FN4O3/c26-19-13-28-20-2-4-23(31)30-15-17(24(19)25(20)30)14-29-7-5-18(6-8-29)27-12-16-1-3-21-22(11-16)33-10-9-32-21/h1-4,11,13,17-18,27H,5-10,12,14-15H2/t17-/m1/s1. The van der Waals surface area contributed by atoms with Crippen LogP contribution in [-0.4, -0.2) is 53.3 Å². The van der Waals surface area contributed by atoms with Crippen LogP contribution in [0.4, 0.5) is 4.39 Å². The first-order valence-electron chi connectivity index (χ1n) is 11.7. The van der Waals surface area contributed by atoms with Crippen molar-refractivity contribution >= 4 is 11.0 Å². The van der Waals surface area contributed by atoms with E-state index in [1.54, 1.807) is 10.6 Å². The number of halogens is 1. The van der Waals surface area contributed by atoms with Gasteiger partial charge >= 0.3 is 0 Å². The zero-order valence-electron chi connectivity index (χ0n) is 18.4. The van der Waals surface area contributed by atoms with Crippen LogP contribution >= 0.6 is 0 Å². The van der Waals surface area contributed by atoms with Crippen LogP contribution in [0.5, 0.6) is 11.5 Å². The van der Waals surface area contributed by atoms with Crippen LogP contribution in [0, 0.1) is 5.82 Å². The van der Waals surface area contributed by atoms with Gasteiger partial charge in [-0.2, -0.15) is 0 Å². The normalized spacial score (nSPS) is 20.5. The smallest absolute Gasteiger partial charge is 0.251 e. The van der Waals surface area contributed by atoms with E-state index in [-0.39, 0.29) is 17.3 Å². The summed E-state index contributed by atoms with van der Waals surface area (Å²) < 4.78 is 27.7. The van der Waals surface area contributed by atoms with Crippen molar-refractivity contribution in [2.45, 2.75) is 37.9 Å². The Labute approximate surface area is 191 Å². The molecule has 5 heterocycles. The molecule has 3 aliphatic rings. The summed E-state index contributed by atoms with van der Waals surface area (Å²) in [6.07, 6.45) is 3.37. The summed E-state index contributed by atoms with van der Waals surface area (Å²) >= 11 is 0. The Hall–Kier alpha value is -2.97. The molecule has 1 fully saturated rings. The minimum absolute atomic E-state index is 0.0205. The Kier molecular flexibility index (Phi) is 5.27. The third kappa shape index (κ3) is 3.87. The lowest BCUT2D eigenvalue weighted by Crippen LogP contribution is -2.43. The zero-order chi connectivity index (χ0) is 22.4. The van der Waals surface area contributed by atoms with Crippen LogP contribution in [0.25, 0.3) is 11.0 Å². The average molecular weight is 451 g/mol. The van der Waals surface area contributed by atoms with E-state index in [1.165, 1.54) is 17.8 Å². The molecular formula is C25H27FN4O3. The van der Waals surface area contributed by atoms with Crippen molar-refractivity contribution in [3.8, 4) is 11.5 Å². The molecule has 172 valence electrons. The number of rotatable bonds is 5. The largest absolute Gasteiger partial charge is 0.486 e. The number of likely N-dealkylation sites (tertiary alicyclic amines) is 1. The lowest BCUT2D eigenvalue weighted by molar-refractivity contribution is 0.171. The Morgan fingerprint density at radius 2 is 1.91 bits per heavy atom. The molecule has 0 radical (unpaired) electrons. The van der Waals surface area contributed by atoms with E-state index in [9.17, 15) is 9.18 Å². The molecule has 33 heavy (non-hydrogen) atoms. The molecule has 0 bridgehead atoms. The third-order valence-corrected chi connectivity index (χ3v) is 7.07. The van der Waals surface area contributed by atoms with Crippen molar-refractivity contribution in [2.24, 2.45) is 0 Å². The summed E-state index contributed by atoms with van der Waals surface area (Å²) in [6.45, 7) is 5.18. The predicted molar refractivity (Wildman–Crippen MR) is 122 cm³/mol. The van der Waals surface area contributed by atoms with Gasteiger partial charge in [0.25, 0.3) is 5.56 Å². The van der Waals surface area contributed by atoms with Crippen LogP contribution in [0.2, 0.25) is 0 Å². The molecule has 7 nitrogen and oxygen atoms in total. The molecule has 6 rings (SSSR count). The van der Waals surface area contributed by atoms with Gasteiger partial charge in [-0.3, -0.25) is 9.78 Å². The van der Waals surface area contributed by atoms with Crippen molar-refractivity contribution in [1.82, 2.24) is 19.8 Å².